The average Bonchev–Trinajstić information content (AvgIpc) is 2.88. The Labute approximate surface area is 109 Å². The topological polar surface area (TPSA) is 34.1 Å². The quantitative estimate of drug-likeness (QED) is 0.871. The standard InChI is InChI=1S/C15H22N2O/c1-18-14-9-13(10-16-11-14)12-3-6-15(7-4-12)5-2-8-17-15/h9-12,17H,2-8H2,1H3. The van der Waals surface area contributed by atoms with Crippen molar-refractivity contribution in [3.8, 4) is 5.75 Å². The Kier molecular flexibility index (Phi) is 3.25. The smallest absolute Gasteiger partial charge is 0.137 e. The summed E-state index contributed by atoms with van der Waals surface area (Å²) in [5.74, 6) is 1.55. The molecule has 98 valence electrons. The summed E-state index contributed by atoms with van der Waals surface area (Å²) < 4.78 is 5.26. The fourth-order valence-corrected chi connectivity index (χ4v) is 3.57. The molecule has 2 fully saturated rings. The Balaban J connectivity index is 1.68. The highest BCUT2D eigenvalue weighted by Gasteiger charge is 2.37. The Morgan fingerprint density at radius 2 is 2.11 bits per heavy atom. The van der Waals surface area contributed by atoms with E-state index in [1.54, 1.807) is 13.3 Å². The first-order valence-corrected chi connectivity index (χ1v) is 7.05. The molecule has 0 radical (unpaired) electrons. The highest BCUT2D eigenvalue weighted by atomic mass is 16.5. The van der Waals surface area contributed by atoms with E-state index in [1.807, 2.05) is 6.20 Å². The molecule has 0 unspecified atom stereocenters. The lowest BCUT2D eigenvalue weighted by atomic mass is 9.74. The van der Waals surface area contributed by atoms with Crippen LogP contribution in [0.2, 0.25) is 0 Å². The molecule has 3 nitrogen and oxygen atoms in total. The van der Waals surface area contributed by atoms with Crippen LogP contribution in [0, 0.1) is 0 Å². The largest absolute Gasteiger partial charge is 0.495 e. The molecular weight excluding hydrogens is 224 g/mol. The van der Waals surface area contributed by atoms with E-state index in [-0.39, 0.29) is 0 Å². The summed E-state index contributed by atoms with van der Waals surface area (Å²) in [5.41, 5.74) is 1.82. The van der Waals surface area contributed by atoms with E-state index in [9.17, 15) is 0 Å². The van der Waals surface area contributed by atoms with Gasteiger partial charge in [0, 0.05) is 11.7 Å². The minimum atomic E-state index is 0.475. The number of methoxy groups -OCH3 is 1. The van der Waals surface area contributed by atoms with Crippen molar-refractivity contribution in [1.29, 1.82) is 0 Å². The van der Waals surface area contributed by atoms with Crippen molar-refractivity contribution in [3.63, 3.8) is 0 Å². The number of nitrogens with zero attached hydrogens (tertiary/aromatic N) is 1. The van der Waals surface area contributed by atoms with Crippen LogP contribution in [0.25, 0.3) is 0 Å². The van der Waals surface area contributed by atoms with Crippen LogP contribution >= 0.6 is 0 Å². The van der Waals surface area contributed by atoms with Gasteiger partial charge in [-0.3, -0.25) is 4.98 Å². The molecule has 2 aliphatic rings. The molecule has 1 saturated carbocycles. The molecule has 3 heteroatoms. The van der Waals surface area contributed by atoms with Gasteiger partial charge >= 0.3 is 0 Å². The zero-order valence-electron chi connectivity index (χ0n) is 11.1. The number of nitrogens with one attached hydrogen (secondary N) is 1. The van der Waals surface area contributed by atoms with Crippen molar-refractivity contribution in [2.24, 2.45) is 0 Å². The molecule has 2 heterocycles. The van der Waals surface area contributed by atoms with Crippen molar-refractivity contribution in [2.75, 3.05) is 13.7 Å². The minimum absolute atomic E-state index is 0.475. The lowest BCUT2D eigenvalue weighted by Gasteiger charge is -2.37. The van der Waals surface area contributed by atoms with Crippen molar-refractivity contribution in [3.05, 3.63) is 24.0 Å². The Morgan fingerprint density at radius 1 is 1.28 bits per heavy atom. The third kappa shape index (κ3) is 2.24. The van der Waals surface area contributed by atoms with Crippen LogP contribution in [0.1, 0.15) is 50.0 Å². The molecule has 18 heavy (non-hydrogen) atoms. The SMILES string of the molecule is COc1cncc(C2CCC3(CCCN3)CC2)c1. The Bertz CT molecular complexity index is 403. The molecule has 1 saturated heterocycles. The van der Waals surface area contributed by atoms with Gasteiger partial charge in [0.2, 0.25) is 0 Å². The second-order valence-electron chi connectivity index (χ2n) is 5.74. The highest BCUT2D eigenvalue weighted by molar-refractivity contribution is 5.27. The Morgan fingerprint density at radius 3 is 2.78 bits per heavy atom. The molecule has 0 aromatic carbocycles. The van der Waals surface area contributed by atoms with Gasteiger partial charge in [-0.05, 0) is 62.6 Å². The van der Waals surface area contributed by atoms with Crippen LogP contribution in [-0.2, 0) is 0 Å². The summed E-state index contributed by atoms with van der Waals surface area (Å²) in [6.07, 6.45) is 11.7. The molecule has 1 aliphatic carbocycles. The normalized spacial score (nSPS) is 31.7. The molecule has 1 aromatic heterocycles. The first-order valence-electron chi connectivity index (χ1n) is 7.05. The number of hydrogen-bond donors (Lipinski definition) is 1. The van der Waals surface area contributed by atoms with E-state index in [0.717, 1.165) is 5.75 Å². The van der Waals surface area contributed by atoms with Crippen molar-refractivity contribution in [2.45, 2.75) is 50.0 Å². The number of hydrogen-bond acceptors (Lipinski definition) is 3. The second-order valence-corrected chi connectivity index (χ2v) is 5.74. The van der Waals surface area contributed by atoms with Gasteiger partial charge in [-0.2, -0.15) is 0 Å². The lowest BCUT2D eigenvalue weighted by Crippen LogP contribution is -2.42. The maximum absolute atomic E-state index is 5.26. The number of ether oxygens (including phenoxy) is 1. The maximum atomic E-state index is 5.26. The summed E-state index contributed by atoms with van der Waals surface area (Å²) in [6.45, 7) is 1.21. The van der Waals surface area contributed by atoms with E-state index in [0.29, 0.717) is 11.5 Å². The maximum Gasteiger partial charge on any atom is 0.137 e. The van der Waals surface area contributed by atoms with Gasteiger partial charge in [0.25, 0.3) is 0 Å². The minimum Gasteiger partial charge on any atom is -0.495 e. The third-order valence-electron chi connectivity index (χ3n) is 4.72. The second kappa shape index (κ2) is 4.88. The van der Waals surface area contributed by atoms with Crippen LogP contribution < -0.4 is 10.1 Å². The van der Waals surface area contributed by atoms with Gasteiger partial charge < -0.3 is 10.1 Å². The van der Waals surface area contributed by atoms with E-state index in [1.165, 1.54) is 50.6 Å². The molecule has 1 N–H and O–H groups in total. The fraction of sp³-hybridized carbons (Fsp3) is 0.667. The lowest BCUT2D eigenvalue weighted by molar-refractivity contribution is 0.243. The fourth-order valence-electron chi connectivity index (χ4n) is 3.57. The number of aromatic nitrogens is 1. The van der Waals surface area contributed by atoms with Crippen molar-refractivity contribution in [1.82, 2.24) is 10.3 Å². The van der Waals surface area contributed by atoms with Gasteiger partial charge in [-0.1, -0.05) is 0 Å². The van der Waals surface area contributed by atoms with Gasteiger partial charge in [-0.25, -0.2) is 0 Å². The molecule has 0 amide bonds. The first-order chi connectivity index (χ1) is 8.81. The first kappa shape index (κ1) is 12.0. The molecule has 1 spiro atoms. The summed E-state index contributed by atoms with van der Waals surface area (Å²) in [6, 6.07) is 2.15. The van der Waals surface area contributed by atoms with E-state index in [4.69, 9.17) is 4.74 Å². The van der Waals surface area contributed by atoms with Gasteiger partial charge in [0.05, 0.1) is 13.3 Å². The van der Waals surface area contributed by atoms with Crippen LogP contribution in [-0.4, -0.2) is 24.2 Å². The molecule has 1 aliphatic heterocycles. The van der Waals surface area contributed by atoms with Crippen LogP contribution in [0.4, 0.5) is 0 Å². The number of rotatable bonds is 2. The monoisotopic (exact) mass is 246 g/mol. The van der Waals surface area contributed by atoms with E-state index >= 15 is 0 Å². The van der Waals surface area contributed by atoms with Gasteiger partial charge in [0.15, 0.2) is 0 Å². The van der Waals surface area contributed by atoms with Crippen molar-refractivity contribution >= 4 is 0 Å². The molecule has 0 atom stereocenters. The highest BCUT2D eigenvalue weighted by Crippen LogP contribution is 2.42. The van der Waals surface area contributed by atoms with E-state index in [2.05, 4.69) is 16.4 Å². The van der Waals surface area contributed by atoms with Gasteiger partial charge in [-0.15, -0.1) is 0 Å². The summed E-state index contributed by atoms with van der Waals surface area (Å²) >= 11 is 0. The Hall–Kier alpha value is -1.09. The third-order valence-corrected chi connectivity index (χ3v) is 4.72. The van der Waals surface area contributed by atoms with Crippen LogP contribution in [0.5, 0.6) is 5.75 Å². The average molecular weight is 246 g/mol. The number of pyridine rings is 1. The summed E-state index contributed by atoms with van der Waals surface area (Å²) in [4.78, 5) is 4.28. The van der Waals surface area contributed by atoms with Gasteiger partial charge in [0.1, 0.15) is 5.75 Å². The summed E-state index contributed by atoms with van der Waals surface area (Å²) in [7, 11) is 1.71. The predicted octanol–water partition coefficient (Wildman–Crippen LogP) is 2.87. The van der Waals surface area contributed by atoms with E-state index < -0.39 is 0 Å². The zero-order chi connectivity index (χ0) is 12.4. The molecule has 0 bridgehead atoms. The zero-order valence-corrected chi connectivity index (χ0v) is 11.1. The molecule has 3 rings (SSSR count). The molecule has 1 aromatic rings. The van der Waals surface area contributed by atoms with Crippen LogP contribution in [0.3, 0.4) is 0 Å². The summed E-state index contributed by atoms with van der Waals surface area (Å²) in [5, 5.41) is 3.73. The van der Waals surface area contributed by atoms with Crippen LogP contribution in [0.15, 0.2) is 18.5 Å². The predicted molar refractivity (Wildman–Crippen MR) is 72.0 cm³/mol. The van der Waals surface area contributed by atoms with Crippen molar-refractivity contribution < 1.29 is 4.74 Å². The molecular formula is C15H22N2O.